The first kappa shape index (κ1) is 19.3. The minimum absolute atomic E-state index is 0.108. The van der Waals surface area contributed by atoms with Gasteiger partial charge in [0.15, 0.2) is 0 Å². The number of benzene rings is 1. The third-order valence-corrected chi connectivity index (χ3v) is 6.53. The SMILES string of the molecule is O=C1CCC(N2C(=O)c3cccc(CNCC4CC5(CNC5)CO4)c3C2=O)C(=O)N1. The van der Waals surface area contributed by atoms with E-state index in [9.17, 15) is 19.2 Å². The number of nitrogens with zero attached hydrogens (tertiary/aromatic N) is 1. The topological polar surface area (TPSA) is 117 Å². The van der Waals surface area contributed by atoms with Crippen molar-refractivity contribution in [2.24, 2.45) is 5.41 Å². The molecular weight excluding hydrogens is 388 g/mol. The Balaban J connectivity index is 1.27. The number of imide groups is 2. The van der Waals surface area contributed by atoms with Gasteiger partial charge in [0.05, 0.1) is 23.8 Å². The lowest BCUT2D eigenvalue weighted by molar-refractivity contribution is -0.136. The number of ether oxygens (including phenoxy) is 1. The minimum Gasteiger partial charge on any atom is -0.376 e. The van der Waals surface area contributed by atoms with Crippen molar-refractivity contribution >= 4 is 23.6 Å². The van der Waals surface area contributed by atoms with Crippen molar-refractivity contribution in [1.29, 1.82) is 0 Å². The molecule has 1 spiro atoms. The largest absolute Gasteiger partial charge is 0.376 e. The second-order valence-corrected chi connectivity index (χ2v) is 8.66. The predicted molar refractivity (Wildman–Crippen MR) is 104 cm³/mol. The Bertz CT molecular complexity index is 941. The van der Waals surface area contributed by atoms with Gasteiger partial charge in [-0.25, -0.2) is 0 Å². The highest BCUT2D eigenvalue weighted by Gasteiger charge is 2.46. The second kappa shape index (κ2) is 7.26. The van der Waals surface area contributed by atoms with E-state index in [0.29, 0.717) is 24.2 Å². The summed E-state index contributed by atoms with van der Waals surface area (Å²) in [6.07, 6.45) is 1.41. The van der Waals surface area contributed by atoms with E-state index in [2.05, 4.69) is 16.0 Å². The van der Waals surface area contributed by atoms with Gasteiger partial charge >= 0.3 is 0 Å². The molecule has 30 heavy (non-hydrogen) atoms. The number of hydrogen-bond donors (Lipinski definition) is 3. The van der Waals surface area contributed by atoms with Gasteiger partial charge in [0, 0.05) is 38.0 Å². The fourth-order valence-electron chi connectivity index (χ4n) is 4.85. The molecule has 0 aromatic heterocycles. The summed E-state index contributed by atoms with van der Waals surface area (Å²) in [6, 6.07) is 4.22. The van der Waals surface area contributed by atoms with Crippen LogP contribution in [0.25, 0.3) is 0 Å². The lowest BCUT2D eigenvalue weighted by Gasteiger charge is -2.37. The van der Waals surface area contributed by atoms with Crippen LogP contribution in [0.4, 0.5) is 0 Å². The Morgan fingerprint density at radius 2 is 2.00 bits per heavy atom. The van der Waals surface area contributed by atoms with Gasteiger partial charge in [-0.15, -0.1) is 0 Å². The summed E-state index contributed by atoms with van der Waals surface area (Å²) in [4.78, 5) is 50.6. The van der Waals surface area contributed by atoms with E-state index in [0.717, 1.165) is 36.6 Å². The Hall–Kier alpha value is -2.62. The highest BCUT2D eigenvalue weighted by atomic mass is 16.5. The predicted octanol–water partition coefficient (Wildman–Crippen LogP) is -0.444. The Morgan fingerprint density at radius 3 is 2.70 bits per heavy atom. The average Bonchev–Trinajstić information content (AvgIpc) is 3.24. The van der Waals surface area contributed by atoms with E-state index in [1.165, 1.54) is 0 Å². The normalized spacial score (nSPS) is 27.4. The van der Waals surface area contributed by atoms with Crippen LogP contribution < -0.4 is 16.0 Å². The summed E-state index contributed by atoms with van der Waals surface area (Å²) in [5.41, 5.74) is 1.65. The molecule has 0 bridgehead atoms. The number of rotatable bonds is 5. The zero-order valence-electron chi connectivity index (χ0n) is 16.5. The van der Waals surface area contributed by atoms with Gasteiger partial charge in [-0.3, -0.25) is 29.4 Å². The summed E-state index contributed by atoms with van der Waals surface area (Å²) in [5, 5.41) is 8.87. The van der Waals surface area contributed by atoms with E-state index in [1.54, 1.807) is 12.1 Å². The summed E-state index contributed by atoms with van der Waals surface area (Å²) >= 11 is 0. The molecule has 0 aliphatic carbocycles. The van der Waals surface area contributed by atoms with Gasteiger partial charge in [-0.2, -0.15) is 0 Å². The molecule has 5 rings (SSSR count). The molecule has 158 valence electrons. The molecular formula is C21H24N4O5. The smallest absolute Gasteiger partial charge is 0.262 e. The lowest BCUT2D eigenvalue weighted by atomic mass is 9.80. The molecule has 2 unspecified atom stereocenters. The van der Waals surface area contributed by atoms with Crippen LogP contribution in [0.3, 0.4) is 0 Å². The molecule has 0 radical (unpaired) electrons. The van der Waals surface area contributed by atoms with Crippen LogP contribution in [0.15, 0.2) is 18.2 Å². The van der Waals surface area contributed by atoms with Crippen LogP contribution >= 0.6 is 0 Å². The van der Waals surface area contributed by atoms with Gasteiger partial charge in [-0.1, -0.05) is 12.1 Å². The van der Waals surface area contributed by atoms with Crippen molar-refractivity contribution in [2.45, 2.75) is 38.0 Å². The quantitative estimate of drug-likeness (QED) is 0.561. The van der Waals surface area contributed by atoms with Crippen LogP contribution in [-0.4, -0.2) is 66.9 Å². The third-order valence-electron chi connectivity index (χ3n) is 6.53. The maximum atomic E-state index is 13.1. The number of hydrogen-bond acceptors (Lipinski definition) is 7. The highest BCUT2D eigenvalue weighted by molar-refractivity contribution is 6.24. The van der Waals surface area contributed by atoms with Gasteiger partial charge < -0.3 is 15.4 Å². The van der Waals surface area contributed by atoms with Crippen LogP contribution in [0.2, 0.25) is 0 Å². The fourth-order valence-corrected chi connectivity index (χ4v) is 4.85. The van der Waals surface area contributed by atoms with E-state index >= 15 is 0 Å². The van der Waals surface area contributed by atoms with Crippen LogP contribution in [0.5, 0.6) is 0 Å². The van der Waals surface area contributed by atoms with Crippen molar-refractivity contribution in [3.8, 4) is 0 Å². The second-order valence-electron chi connectivity index (χ2n) is 8.66. The number of carbonyl (C=O) groups is 4. The van der Waals surface area contributed by atoms with Crippen molar-refractivity contribution < 1.29 is 23.9 Å². The molecule has 9 heteroatoms. The lowest BCUT2D eigenvalue weighted by Crippen LogP contribution is -2.54. The molecule has 3 fully saturated rings. The first-order chi connectivity index (χ1) is 14.5. The number of fused-ring (bicyclic) bond motifs is 1. The van der Waals surface area contributed by atoms with E-state index in [1.807, 2.05) is 6.07 Å². The number of carbonyl (C=O) groups excluding carboxylic acids is 4. The maximum absolute atomic E-state index is 13.1. The number of piperidine rings is 1. The number of amides is 4. The molecule has 3 saturated heterocycles. The molecule has 0 saturated carbocycles. The molecule has 4 aliphatic rings. The zero-order chi connectivity index (χ0) is 20.9. The first-order valence-electron chi connectivity index (χ1n) is 10.3. The van der Waals surface area contributed by atoms with Gasteiger partial charge in [0.1, 0.15) is 6.04 Å². The maximum Gasteiger partial charge on any atom is 0.262 e. The monoisotopic (exact) mass is 412 g/mol. The third kappa shape index (κ3) is 3.13. The van der Waals surface area contributed by atoms with Gasteiger partial charge in [0.2, 0.25) is 11.8 Å². The number of nitrogens with one attached hydrogen (secondary N) is 3. The van der Waals surface area contributed by atoms with Crippen molar-refractivity contribution in [2.75, 3.05) is 26.2 Å². The van der Waals surface area contributed by atoms with Crippen LogP contribution in [-0.2, 0) is 20.9 Å². The fraction of sp³-hybridized carbons (Fsp3) is 0.524. The first-order valence-corrected chi connectivity index (χ1v) is 10.3. The molecule has 1 aromatic carbocycles. The molecule has 4 heterocycles. The molecule has 9 nitrogen and oxygen atoms in total. The van der Waals surface area contributed by atoms with Gasteiger partial charge in [0.25, 0.3) is 11.8 Å². The molecule has 4 amide bonds. The van der Waals surface area contributed by atoms with Gasteiger partial charge in [-0.05, 0) is 24.5 Å². The summed E-state index contributed by atoms with van der Waals surface area (Å²) in [5.74, 6) is -1.94. The summed E-state index contributed by atoms with van der Waals surface area (Å²) < 4.78 is 5.89. The van der Waals surface area contributed by atoms with E-state index in [4.69, 9.17) is 4.74 Å². The Kier molecular flexibility index (Phi) is 4.68. The average molecular weight is 412 g/mol. The summed E-state index contributed by atoms with van der Waals surface area (Å²) in [7, 11) is 0. The Labute approximate surface area is 173 Å². The minimum atomic E-state index is -0.949. The van der Waals surface area contributed by atoms with Crippen molar-refractivity contribution in [3.63, 3.8) is 0 Å². The highest BCUT2D eigenvalue weighted by Crippen LogP contribution is 2.36. The molecule has 3 N–H and O–H groups in total. The van der Waals surface area contributed by atoms with Crippen molar-refractivity contribution in [1.82, 2.24) is 20.9 Å². The zero-order valence-corrected chi connectivity index (χ0v) is 16.5. The van der Waals surface area contributed by atoms with E-state index in [-0.39, 0.29) is 30.3 Å². The van der Waals surface area contributed by atoms with E-state index < -0.39 is 23.8 Å². The Morgan fingerprint density at radius 1 is 1.17 bits per heavy atom. The molecule has 2 atom stereocenters. The summed E-state index contributed by atoms with van der Waals surface area (Å²) in [6.45, 7) is 3.88. The standard InChI is InChI=1S/C21H24N4O5/c26-16-5-4-15(18(27)24-16)25-19(28)14-3-1-2-12(17(14)20(25)29)7-22-8-13-6-21(11-30-13)9-23-10-21/h1-3,13,15,22-23H,4-11H2,(H,24,26,27). The van der Waals surface area contributed by atoms with Crippen molar-refractivity contribution in [3.05, 3.63) is 34.9 Å². The molecule has 1 aromatic rings. The van der Waals surface area contributed by atoms with Crippen LogP contribution in [0.1, 0.15) is 45.5 Å². The molecule has 4 aliphatic heterocycles. The van der Waals surface area contributed by atoms with Crippen LogP contribution in [0, 0.1) is 5.41 Å².